The summed E-state index contributed by atoms with van der Waals surface area (Å²) in [5.41, 5.74) is 2.40. The lowest BCUT2D eigenvalue weighted by molar-refractivity contribution is -0.115. The van der Waals surface area contributed by atoms with Crippen LogP contribution in [0.2, 0.25) is 0 Å². The molecule has 0 bridgehead atoms. The molecule has 0 spiro atoms. The second-order valence-corrected chi connectivity index (χ2v) is 6.96. The molecule has 0 aliphatic carbocycles. The molecule has 1 amide bonds. The summed E-state index contributed by atoms with van der Waals surface area (Å²) >= 11 is 0. The Bertz CT molecular complexity index is 1030. The van der Waals surface area contributed by atoms with E-state index in [0.29, 0.717) is 31.0 Å². The lowest BCUT2D eigenvalue weighted by Crippen LogP contribution is -2.48. The number of anilines is 2. The zero-order valence-electron chi connectivity index (χ0n) is 15.6. The minimum atomic E-state index is -0.779. The Labute approximate surface area is 167 Å². The second-order valence-electron chi connectivity index (χ2n) is 6.96. The molecule has 3 heterocycles. The molecule has 0 radical (unpaired) electrons. The number of halogens is 1. The zero-order valence-corrected chi connectivity index (χ0v) is 15.6. The Kier molecular flexibility index (Phi) is 5.20. The van der Waals surface area contributed by atoms with E-state index in [-0.39, 0.29) is 12.3 Å². The monoisotopic (exact) mass is 390 g/mol. The summed E-state index contributed by atoms with van der Waals surface area (Å²) in [7, 11) is 0. The van der Waals surface area contributed by atoms with Crippen LogP contribution in [0.4, 0.5) is 16.0 Å². The number of hydrogen-bond acceptors (Lipinski definition) is 5. The number of carbonyl (C=O) groups excluding carboxylic acids is 1. The minimum Gasteiger partial charge on any atom is -0.351 e. The van der Waals surface area contributed by atoms with Crippen molar-refractivity contribution in [2.24, 2.45) is 0 Å². The number of aromatic nitrogens is 3. The molecule has 1 aliphatic rings. The number of rotatable bonds is 6. The van der Waals surface area contributed by atoms with E-state index in [1.807, 2.05) is 23.1 Å². The van der Waals surface area contributed by atoms with Gasteiger partial charge in [-0.15, -0.1) is 0 Å². The third-order valence-corrected chi connectivity index (χ3v) is 4.67. The van der Waals surface area contributed by atoms with E-state index in [4.69, 9.17) is 5.26 Å². The number of carbonyl (C=O) groups is 1. The topological polar surface area (TPSA) is 86.8 Å². The second kappa shape index (κ2) is 8.10. The van der Waals surface area contributed by atoms with Crippen molar-refractivity contribution in [2.45, 2.75) is 19.1 Å². The Morgan fingerprint density at radius 2 is 1.93 bits per heavy atom. The van der Waals surface area contributed by atoms with Crippen molar-refractivity contribution in [2.75, 3.05) is 23.3 Å². The van der Waals surface area contributed by atoms with Crippen LogP contribution < -0.4 is 10.2 Å². The molecule has 29 heavy (non-hydrogen) atoms. The number of nitrogens with zero attached hydrogens (tertiary/aromatic N) is 5. The fourth-order valence-electron chi connectivity index (χ4n) is 3.08. The predicted molar refractivity (Wildman–Crippen MR) is 106 cm³/mol. The summed E-state index contributed by atoms with van der Waals surface area (Å²) in [6, 6.07) is 14.7. The van der Waals surface area contributed by atoms with Crippen molar-refractivity contribution in [1.29, 1.82) is 5.26 Å². The molecule has 1 aromatic carbocycles. The molecule has 7 nitrogen and oxygen atoms in total. The number of nitriles is 1. The molecule has 1 fully saturated rings. The summed E-state index contributed by atoms with van der Waals surface area (Å²) in [5.74, 6) is 1.02. The third kappa shape index (κ3) is 4.58. The number of nitrogens with one attached hydrogen (secondary N) is 1. The van der Waals surface area contributed by atoms with Gasteiger partial charge in [-0.1, -0.05) is 18.2 Å². The van der Waals surface area contributed by atoms with E-state index < -0.39 is 6.17 Å². The highest BCUT2D eigenvalue weighted by molar-refractivity contribution is 5.91. The molecule has 2 aromatic heterocycles. The molecular formula is C21H19FN6O. The van der Waals surface area contributed by atoms with Crippen molar-refractivity contribution in [3.63, 3.8) is 0 Å². The average molecular weight is 390 g/mol. The normalized spacial score (nSPS) is 13.6. The highest BCUT2D eigenvalue weighted by Crippen LogP contribution is 2.20. The van der Waals surface area contributed by atoms with Crippen molar-refractivity contribution >= 4 is 17.5 Å². The molecule has 0 unspecified atom stereocenters. The summed E-state index contributed by atoms with van der Waals surface area (Å²) in [4.78, 5) is 18.4. The SMILES string of the molecule is N#Cc1ccc(Cn2ccc(NC(=O)Cc3ccc(N4CC(F)C4)nc3)n2)cc1. The van der Waals surface area contributed by atoms with Crippen LogP contribution in [0, 0.1) is 11.3 Å². The van der Waals surface area contributed by atoms with Gasteiger partial charge in [-0.25, -0.2) is 9.37 Å². The first-order valence-electron chi connectivity index (χ1n) is 9.25. The van der Waals surface area contributed by atoms with Crippen molar-refractivity contribution in [3.8, 4) is 6.07 Å². The van der Waals surface area contributed by atoms with Gasteiger partial charge in [-0.3, -0.25) is 9.48 Å². The van der Waals surface area contributed by atoms with Crippen LogP contribution in [0.15, 0.2) is 54.9 Å². The molecular weight excluding hydrogens is 371 g/mol. The molecule has 3 aromatic rings. The van der Waals surface area contributed by atoms with E-state index >= 15 is 0 Å². The van der Waals surface area contributed by atoms with E-state index in [0.717, 1.165) is 16.9 Å². The third-order valence-electron chi connectivity index (χ3n) is 4.67. The maximum absolute atomic E-state index is 12.9. The fraction of sp³-hybridized carbons (Fsp3) is 0.238. The number of pyridine rings is 1. The fourth-order valence-corrected chi connectivity index (χ4v) is 3.08. The Morgan fingerprint density at radius 3 is 2.59 bits per heavy atom. The quantitative estimate of drug-likeness (QED) is 0.699. The first-order chi connectivity index (χ1) is 14.1. The summed E-state index contributed by atoms with van der Waals surface area (Å²) in [5, 5.41) is 16.0. The standard InChI is InChI=1S/C21H19FN6O/c22-18-13-27(14-18)20-6-5-17(11-24-20)9-21(29)25-19-7-8-28(26-19)12-16-3-1-15(10-23)2-4-16/h1-8,11,18H,9,12-14H2,(H,25,26,29). The molecule has 8 heteroatoms. The molecule has 0 atom stereocenters. The van der Waals surface area contributed by atoms with Crippen LogP contribution in [0.3, 0.4) is 0 Å². The van der Waals surface area contributed by atoms with Gasteiger partial charge in [0.05, 0.1) is 37.7 Å². The van der Waals surface area contributed by atoms with Crippen LogP contribution >= 0.6 is 0 Å². The van der Waals surface area contributed by atoms with Gasteiger partial charge >= 0.3 is 0 Å². The maximum atomic E-state index is 12.9. The van der Waals surface area contributed by atoms with Gasteiger partial charge in [0.25, 0.3) is 0 Å². The van der Waals surface area contributed by atoms with E-state index in [9.17, 15) is 9.18 Å². The Hall–Kier alpha value is -3.73. The van der Waals surface area contributed by atoms with Crippen molar-refractivity contribution in [1.82, 2.24) is 14.8 Å². The number of alkyl halides is 1. The number of hydrogen-bond donors (Lipinski definition) is 1. The van der Waals surface area contributed by atoms with Gasteiger partial charge < -0.3 is 10.2 Å². The van der Waals surface area contributed by atoms with Crippen LogP contribution in [0.25, 0.3) is 0 Å². The first kappa shape index (κ1) is 18.6. The van der Waals surface area contributed by atoms with Gasteiger partial charge in [-0.2, -0.15) is 10.4 Å². The van der Waals surface area contributed by atoms with Crippen molar-refractivity contribution < 1.29 is 9.18 Å². The lowest BCUT2D eigenvalue weighted by Gasteiger charge is -2.35. The molecule has 1 N–H and O–H groups in total. The molecule has 1 aliphatic heterocycles. The highest BCUT2D eigenvalue weighted by atomic mass is 19.1. The number of amides is 1. The van der Waals surface area contributed by atoms with Gasteiger partial charge in [0, 0.05) is 18.5 Å². The predicted octanol–water partition coefficient (Wildman–Crippen LogP) is 2.54. The van der Waals surface area contributed by atoms with Gasteiger partial charge in [-0.05, 0) is 29.3 Å². The van der Waals surface area contributed by atoms with Crippen molar-refractivity contribution in [3.05, 3.63) is 71.5 Å². The Morgan fingerprint density at radius 1 is 1.17 bits per heavy atom. The highest BCUT2D eigenvalue weighted by Gasteiger charge is 2.26. The van der Waals surface area contributed by atoms with E-state index in [1.54, 1.807) is 41.3 Å². The molecule has 4 rings (SSSR count). The van der Waals surface area contributed by atoms with Gasteiger partial charge in [0.1, 0.15) is 12.0 Å². The molecule has 1 saturated heterocycles. The number of benzene rings is 1. The summed E-state index contributed by atoms with van der Waals surface area (Å²) in [6.45, 7) is 1.29. The zero-order chi connectivity index (χ0) is 20.2. The summed E-state index contributed by atoms with van der Waals surface area (Å²) < 4.78 is 14.6. The van der Waals surface area contributed by atoms with Crippen LogP contribution in [-0.2, 0) is 17.8 Å². The maximum Gasteiger partial charge on any atom is 0.230 e. The Balaban J connectivity index is 1.30. The summed E-state index contributed by atoms with van der Waals surface area (Å²) in [6.07, 6.45) is 2.83. The van der Waals surface area contributed by atoms with E-state index in [2.05, 4.69) is 21.5 Å². The molecule has 146 valence electrons. The first-order valence-corrected chi connectivity index (χ1v) is 9.25. The largest absolute Gasteiger partial charge is 0.351 e. The van der Waals surface area contributed by atoms with Crippen LogP contribution in [0.1, 0.15) is 16.7 Å². The van der Waals surface area contributed by atoms with Crippen LogP contribution in [-0.4, -0.2) is 39.9 Å². The van der Waals surface area contributed by atoms with E-state index in [1.165, 1.54) is 0 Å². The van der Waals surface area contributed by atoms with Gasteiger partial charge in [0.2, 0.25) is 5.91 Å². The van der Waals surface area contributed by atoms with Crippen LogP contribution in [0.5, 0.6) is 0 Å². The van der Waals surface area contributed by atoms with Gasteiger partial charge in [0.15, 0.2) is 5.82 Å². The average Bonchev–Trinajstić information content (AvgIpc) is 3.13. The lowest BCUT2D eigenvalue weighted by atomic mass is 10.1. The smallest absolute Gasteiger partial charge is 0.230 e. The molecule has 0 saturated carbocycles. The minimum absolute atomic E-state index is 0.182.